The van der Waals surface area contributed by atoms with Gasteiger partial charge >= 0.3 is 0 Å². The Morgan fingerprint density at radius 3 is 1.29 bits per heavy atom. The maximum Gasteiger partial charge on any atom is 0.0567 e. The number of anilines is 4. The van der Waals surface area contributed by atoms with Crippen LogP contribution < -0.4 is 9.80 Å². The third kappa shape index (κ3) is 6.56. The van der Waals surface area contributed by atoms with E-state index in [1.807, 2.05) is 12.1 Å². The molecule has 2 nitrogen and oxygen atoms in total. The van der Waals surface area contributed by atoms with E-state index in [4.69, 9.17) is 0 Å². The molecule has 0 unspecified atom stereocenters. The first-order valence-corrected chi connectivity index (χ1v) is 16.4. The van der Waals surface area contributed by atoms with Crippen molar-refractivity contribution in [3.8, 4) is 22.3 Å². The summed E-state index contributed by atoms with van der Waals surface area (Å²) in [6, 6.07) is 68.3. The Balaban J connectivity index is 0.000000154. The van der Waals surface area contributed by atoms with Crippen LogP contribution in [-0.4, -0.2) is 14.1 Å². The molecule has 0 atom stereocenters. The minimum atomic E-state index is 1.18. The monoisotopic (exact) mass is 618 g/mol. The summed E-state index contributed by atoms with van der Waals surface area (Å²) in [6.07, 6.45) is 0. The molecule has 0 aliphatic rings. The zero-order valence-electron chi connectivity index (χ0n) is 27.4. The van der Waals surface area contributed by atoms with E-state index in [-0.39, 0.29) is 0 Å². The van der Waals surface area contributed by atoms with Gasteiger partial charge in [-0.25, -0.2) is 0 Å². The van der Waals surface area contributed by atoms with Gasteiger partial charge in [0.25, 0.3) is 0 Å². The van der Waals surface area contributed by atoms with Crippen LogP contribution in [0.2, 0.25) is 0 Å². The molecule has 0 saturated carbocycles. The third-order valence-electron chi connectivity index (χ3n) is 8.92. The lowest BCUT2D eigenvalue weighted by Crippen LogP contribution is -2.10. The second-order valence-electron chi connectivity index (χ2n) is 12.0. The largest absolute Gasteiger partial charge is 0.345 e. The quantitative estimate of drug-likeness (QED) is 0.171. The number of rotatable bonds is 6. The maximum atomic E-state index is 2.28. The molecule has 8 aromatic carbocycles. The van der Waals surface area contributed by atoms with Gasteiger partial charge in [0.2, 0.25) is 0 Å². The molecule has 48 heavy (non-hydrogen) atoms. The Morgan fingerprint density at radius 1 is 0.292 bits per heavy atom. The molecule has 0 spiro atoms. The van der Waals surface area contributed by atoms with Gasteiger partial charge in [0.05, 0.1) is 5.69 Å². The van der Waals surface area contributed by atoms with Crippen LogP contribution in [0.5, 0.6) is 0 Å². The Kier molecular flexibility index (Phi) is 8.97. The molecule has 0 aromatic heterocycles. The van der Waals surface area contributed by atoms with Crippen LogP contribution in [0.1, 0.15) is 0 Å². The van der Waals surface area contributed by atoms with Crippen molar-refractivity contribution in [1.29, 1.82) is 0 Å². The lowest BCUT2D eigenvalue weighted by Gasteiger charge is -2.23. The highest BCUT2D eigenvalue weighted by atomic mass is 15.1. The van der Waals surface area contributed by atoms with Crippen LogP contribution in [0.25, 0.3) is 43.8 Å². The van der Waals surface area contributed by atoms with E-state index in [0.717, 1.165) is 0 Å². The minimum Gasteiger partial charge on any atom is -0.345 e. The average molecular weight is 619 g/mol. The Morgan fingerprint density at radius 2 is 0.708 bits per heavy atom. The van der Waals surface area contributed by atoms with Crippen LogP contribution >= 0.6 is 0 Å². The van der Waals surface area contributed by atoms with E-state index in [1.54, 1.807) is 0 Å². The molecule has 0 bridgehead atoms. The molecular formula is C46H38N2. The standard InChI is InChI=1S/C25H21N.C21H17N/c1-26(24-17-15-22(16-18-24)20-9-4-2-5-10-20)25-14-8-13-23(19-25)21-11-6-3-7-12-21;1-22(18-11-3-2-4-12-18)21-19-13-7-5-9-16(19)15-17-10-6-8-14-20(17)21/h2-19H,1H3;2-15H,1H3. The van der Waals surface area contributed by atoms with Crippen LogP contribution in [-0.2, 0) is 0 Å². The number of nitrogens with zero attached hydrogens (tertiary/aromatic N) is 2. The van der Waals surface area contributed by atoms with E-state index in [2.05, 4.69) is 206 Å². The molecule has 0 aliphatic heterocycles. The SMILES string of the molecule is CN(c1ccc(-c2ccccc2)cc1)c1cccc(-c2ccccc2)c1.CN(c1ccccc1)c1c2ccccc2cc2ccccc12. The van der Waals surface area contributed by atoms with Crippen molar-refractivity contribution in [2.75, 3.05) is 23.9 Å². The fourth-order valence-electron chi connectivity index (χ4n) is 6.31. The Hall–Kier alpha value is -6.12. The second kappa shape index (κ2) is 14.1. The molecular weight excluding hydrogens is 581 g/mol. The van der Waals surface area contributed by atoms with Gasteiger partial charge in [0, 0.05) is 41.9 Å². The first-order valence-electron chi connectivity index (χ1n) is 16.4. The summed E-state index contributed by atoms with van der Waals surface area (Å²) in [7, 11) is 4.26. The van der Waals surface area contributed by atoms with E-state index < -0.39 is 0 Å². The summed E-state index contributed by atoms with van der Waals surface area (Å²) in [5.41, 5.74) is 9.77. The van der Waals surface area contributed by atoms with Gasteiger partial charge in [-0.3, -0.25) is 0 Å². The lowest BCUT2D eigenvalue weighted by molar-refractivity contribution is 1.21. The van der Waals surface area contributed by atoms with Gasteiger partial charge in [-0.05, 0) is 75.5 Å². The summed E-state index contributed by atoms with van der Waals surface area (Å²) >= 11 is 0. The zero-order chi connectivity index (χ0) is 32.7. The van der Waals surface area contributed by atoms with Gasteiger partial charge in [-0.15, -0.1) is 0 Å². The molecule has 8 rings (SSSR count). The Bertz CT molecular complexity index is 2190. The van der Waals surface area contributed by atoms with E-state index in [0.29, 0.717) is 0 Å². The number of hydrogen-bond acceptors (Lipinski definition) is 2. The second-order valence-corrected chi connectivity index (χ2v) is 12.0. The van der Waals surface area contributed by atoms with Gasteiger partial charge < -0.3 is 9.80 Å². The van der Waals surface area contributed by atoms with E-state index in [9.17, 15) is 0 Å². The van der Waals surface area contributed by atoms with Crippen molar-refractivity contribution >= 4 is 44.3 Å². The molecule has 8 aromatic rings. The van der Waals surface area contributed by atoms with Gasteiger partial charge in [0.1, 0.15) is 0 Å². The first kappa shape index (κ1) is 30.5. The van der Waals surface area contributed by atoms with Gasteiger partial charge in [-0.2, -0.15) is 0 Å². The van der Waals surface area contributed by atoms with Crippen LogP contribution in [0.4, 0.5) is 22.7 Å². The van der Waals surface area contributed by atoms with Crippen molar-refractivity contribution in [1.82, 2.24) is 0 Å². The molecule has 2 heteroatoms. The van der Waals surface area contributed by atoms with Crippen molar-refractivity contribution in [2.45, 2.75) is 0 Å². The van der Waals surface area contributed by atoms with E-state index in [1.165, 1.54) is 66.5 Å². The highest BCUT2D eigenvalue weighted by Crippen LogP contribution is 2.38. The highest BCUT2D eigenvalue weighted by molar-refractivity contribution is 6.12. The number of benzene rings is 8. The minimum absolute atomic E-state index is 1.18. The fraction of sp³-hybridized carbons (Fsp3) is 0.0435. The van der Waals surface area contributed by atoms with Crippen molar-refractivity contribution in [2.24, 2.45) is 0 Å². The maximum absolute atomic E-state index is 2.28. The smallest absolute Gasteiger partial charge is 0.0567 e. The van der Waals surface area contributed by atoms with Crippen LogP contribution in [0.15, 0.2) is 194 Å². The molecule has 0 N–H and O–H groups in total. The third-order valence-corrected chi connectivity index (χ3v) is 8.92. The number of hydrogen-bond donors (Lipinski definition) is 0. The molecule has 0 radical (unpaired) electrons. The predicted octanol–water partition coefficient (Wildman–Crippen LogP) is 12.5. The fourth-order valence-corrected chi connectivity index (χ4v) is 6.31. The summed E-state index contributed by atoms with van der Waals surface area (Å²) in [6.45, 7) is 0. The summed E-state index contributed by atoms with van der Waals surface area (Å²) in [5.74, 6) is 0. The van der Waals surface area contributed by atoms with Crippen LogP contribution in [0, 0.1) is 0 Å². The van der Waals surface area contributed by atoms with Gasteiger partial charge in [-0.1, -0.05) is 152 Å². The summed E-state index contributed by atoms with van der Waals surface area (Å²) < 4.78 is 0. The van der Waals surface area contributed by atoms with Crippen molar-refractivity contribution in [3.05, 3.63) is 194 Å². The molecule has 0 saturated heterocycles. The molecule has 0 fully saturated rings. The molecule has 232 valence electrons. The number of fused-ring (bicyclic) bond motifs is 2. The normalized spacial score (nSPS) is 10.7. The van der Waals surface area contributed by atoms with Gasteiger partial charge in [0.15, 0.2) is 0 Å². The van der Waals surface area contributed by atoms with Crippen molar-refractivity contribution in [3.63, 3.8) is 0 Å². The topological polar surface area (TPSA) is 6.48 Å². The zero-order valence-corrected chi connectivity index (χ0v) is 27.4. The highest BCUT2D eigenvalue weighted by Gasteiger charge is 2.12. The van der Waals surface area contributed by atoms with Crippen LogP contribution in [0.3, 0.4) is 0 Å². The summed E-state index contributed by atoms with van der Waals surface area (Å²) in [4.78, 5) is 4.51. The first-order chi connectivity index (χ1) is 23.7. The van der Waals surface area contributed by atoms with E-state index >= 15 is 0 Å². The Labute approximate surface area is 283 Å². The molecule has 0 heterocycles. The average Bonchev–Trinajstić information content (AvgIpc) is 3.18. The molecule has 0 amide bonds. The predicted molar refractivity (Wildman–Crippen MR) is 208 cm³/mol. The summed E-state index contributed by atoms with van der Waals surface area (Å²) in [5, 5.41) is 5.12. The van der Waals surface area contributed by atoms with Crippen molar-refractivity contribution < 1.29 is 0 Å². The lowest BCUT2D eigenvalue weighted by atomic mass is 10.00. The number of para-hydroxylation sites is 1. The molecule has 0 aliphatic carbocycles.